The van der Waals surface area contributed by atoms with Crippen LogP contribution in [0.25, 0.3) is 0 Å². The third-order valence-corrected chi connectivity index (χ3v) is 8.67. The van der Waals surface area contributed by atoms with Crippen LogP contribution in [0.4, 0.5) is 0 Å². The Morgan fingerprint density at radius 2 is 1.41 bits per heavy atom. The molecule has 0 unspecified atom stereocenters. The molecule has 2 nitrogen and oxygen atoms in total. The molecular formula is C20H30O2. The molecule has 5 aliphatic carbocycles. The highest BCUT2D eigenvalue weighted by molar-refractivity contribution is 5.66. The van der Waals surface area contributed by atoms with Gasteiger partial charge in [0.25, 0.3) is 0 Å². The SMILES string of the molecule is O=C(O)CCCCCCC[C@@H]1C[C@H]2[C@@H]3[C@H]4[C@@H]5CC[C@@H]5[C@H]4[C@H]3[C@@H]12. The fourth-order valence-electron chi connectivity index (χ4n) is 7.68. The fourth-order valence-corrected chi connectivity index (χ4v) is 7.68. The van der Waals surface area contributed by atoms with Crippen LogP contribution >= 0.6 is 0 Å². The first-order chi connectivity index (χ1) is 10.8. The largest absolute Gasteiger partial charge is 0.481 e. The highest BCUT2D eigenvalue weighted by atomic mass is 16.4. The Morgan fingerprint density at radius 3 is 2.14 bits per heavy atom. The zero-order chi connectivity index (χ0) is 14.8. The van der Waals surface area contributed by atoms with Gasteiger partial charge in [0.15, 0.2) is 0 Å². The lowest BCUT2D eigenvalue weighted by Gasteiger charge is -2.85. The van der Waals surface area contributed by atoms with E-state index in [1.54, 1.807) is 19.3 Å². The van der Waals surface area contributed by atoms with Crippen molar-refractivity contribution in [1.82, 2.24) is 0 Å². The molecule has 0 aromatic heterocycles. The quantitative estimate of drug-likeness (QED) is 0.526. The van der Waals surface area contributed by atoms with Crippen LogP contribution in [0.3, 0.4) is 0 Å². The van der Waals surface area contributed by atoms with E-state index in [1.165, 1.54) is 73.0 Å². The Labute approximate surface area is 134 Å². The summed E-state index contributed by atoms with van der Waals surface area (Å²) in [7, 11) is 0. The third kappa shape index (κ3) is 1.70. The minimum Gasteiger partial charge on any atom is -0.481 e. The lowest BCUT2D eigenvalue weighted by Crippen LogP contribution is -2.80. The van der Waals surface area contributed by atoms with E-state index in [-0.39, 0.29) is 0 Å². The zero-order valence-corrected chi connectivity index (χ0v) is 13.6. The number of carbonyl (C=O) groups is 1. The Kier molecular flexibility index (Phi) is 3.14. The molecule has 0 spiro atoms. The minimum atomic E-state index is -0.636. The van der Waals surface area contributed by atoms with Crippen molar-refractivity contribution < 1.29 is 9.90 Å². The van der Waals surface area contributed by atoms with Crippen molar-refractivity contribution in [3.05, 3.63) is 0 Å². The Balaban J connectivity index is 0.995. The summed E-state index contributed by atoms with van der Waals surface area (Å²) in [5.74, 6) is 10.0. The molecule has 0 radical (unpaired) electrons. The monoisotopic (exact) mass is 302 g/mol. The second-order valence-electron chi connectivity index (χ2n) is 9.15. The first kappa shape index (κ1) is 13.9. The molecule has 0 amide bonds. The van der Waals surface area contributed by atoms with Crippen LogP contribution in [0.5, 0.6) is 0 Å². The molecular weight excluding hydrogens is 272 g/mol. The van der Waals surface area contributed by atoms with E-state index in [4.69, 9.17) is 5.11 Å². The molecule has 0 heterocycles. The molecule has 9 atom stereocenters. The van der Waals surface area contributed by atoms with Gasteiger partial charge in [0.2, 0.25) is 0 Å². The first-order valence-electron chi connectivity index (χ1n) is 9.99. The summed E-state index contributed by atoms with van der Waals surface area (Å²) >= 11 is 0. The standard InChI is InChI=1S/C20H30O2/c21-15(22)7-5-3-1-2-4-6-11-10-14-16(11)20-18-13-9-8-12(13)17(18)19(14)20/h11-14,16-20H,1-10H2,(H,21,22)/t11-,12-,13+,14-,16+,17+,18-,19-,20-/m1/s1. The van der Waals surface area contributed by atoms with Crippen molar-refractivity contribution in [3.63, 3.8) is 0 Å². The Morgan fingerprint density at radius 1 is 0.773 bits per heavy atom. The second kappa shape index (κ2) is 4.98. The first-order valence-corrected chi connectivity index (χ1v) is 9.99. The van der Waals surface area contributed by atoms with Crippen LogP contribution in [-0.4, -0.2) is 11.1 Å². The number of carboxylic acids is 1. The van der Waals surface area contributed by atoms with Crippen molar-refractivity contribution >= 4 is 5.97 Å². The van der Waals surface area contributed by atoms with Gasteiger partial charge in [-0.2, -0.15) is 0 Å². The maximum absolute atomic E-state index is 10.5. The summed E-state index contributed by atoms with van der Waals surface area (Å²) in [5, 5.41) is 8.62. The van der Waals surface area contributed by atoms with E-state index >= 15 is 0 Å². The number of rotatable bonds is 8. The summed E-state index contributed by atoms with van der Waals surface area (Å²) in [4.78, 5) is 10.5. The number of hydrogen-bond acceptors (Lipinski definition) is 1. The minimum absolute atomic E-state index is 0.361. The molecule has 122 valence electrons. The van der Waals surface area contributed by atoms with Gasteiger partial charge in [0.05, 0.1) is 0 Å². The summed E-state index contributed by atoms with van der Waals surface area (Å²) in [6, 6.07) is 0. The van der Waals surface area contributed by atoms with Gasteiger partial charge in [-0.15, -0.1) is 0 Å². The lowest BCUT2D eigenvalue weighted by atomic mass is 9.20. The van der Waals surface area contributed by atoms with Gasteiger partial charge in [-0.05, 0) is 78.9 Å². The van der Waals surface area contributed by atoms with Crippen LogP contribution in [-0.2, 0) is 4.79 Å². The summed E-state index contributed by atoms with van der Waals surface area (Å²) < 4.78 is 0. The normalized spacial score (nSPS) is 52.3. The number of unbranched alkanes of at least 4 members (excludes halogenated alkanes) is 4. The van der Waals surface area contributed by atoms with E-state index in [9.17, 15) is 4.79 Å². The Bertz CT molecular complexity index is 466. The number of fused-ring (bicyclic) bond motifs is 10. The molecule has 0 bridgehead atoms. The molecule has 22 heavy (non-hydrogen) atoms. The molecule has 0 saturated heterocycles. The molecule has 5 aliphatic rings. The summed E-state index contributed by atoms with van der Waals surface area (Å²) in [5.41, 5.74) is 0. The molecule has 0 aromatic carbocycles. The topological polar surface area (TPSA) is 37.3 Å². The number of hydrogen-bond donors (Lipinski definition) is 1. The molecule has 0 aliphatic heterocycles. The molecule has 5 rings (SSSR count). The van der Waals surface area contributed by atoms with Crippen molar-refractivity contribution in [3.8, 4) is 0 Å². The predicted octanol–water partition coefficient (Wildman–Crippen LogP) is 4.59. The highest BCUT2D eigenvalue weighted by Gasteiger charge is 2.79. The zero-order valence-electron chi connectivity index (χ0n) is 13.6. The highest BCUT2D eigenvalue weighted by Crippen LogP contribution is 2.84. The summed E-state index contributed by atoms with van der Waals surface area (Å²) in [6.45, 7) is 0. The van der Waals surface area contributed by atoms with E-state index in [0.717, 1.165) is 18.8 Å². The van der Waals surface area contributed by atoms with Crippen LogP contribution in [0, 0.1) is 53.3 Å². The smallest absolute Gasteiger partial charge is 0.303 e. The maximum Gasteiger partial charge on any atom is 0.303 e. The van der Waals surface area contributed by atoms with Gasteiger partial charge in [0, 0.05) is 6.42 Å². The molecule has 0 aromatic rings. The number of carboxylic acid groups (broad SMARTS) is 1. The third-order valence-electron chi connectivity index (χ3n) is 8.67. The van der Waals surface area contributed by atoms with Gasteiger partial charge >= 0.3 is 5.97 Å². The maximum atomic E-state index is 10.5. The van der Waals surface area contributed by atoms with Gasteiger partial charge in [0.1, 0.15) is 0 Å². The van der Waals surface area contributed by atoms with E-state index in [1.807, 2.05) is 0 Å². The van der Waals surface area contributed by atoms with Crippen molar-refractivity contribution in [2.24, 2.45) is 53.3 Å². The van der Waals surface area contributed by atoms with Crippen molar-refractivity contribution in [1.29, 1.82) is 0 Å². The number of aliphatic carboxylic acids is 1. The lowest BCUT2D eigenvalue weighted by molar-refractivity contribution is -0.375. The summed E-state index contributed by atoms with van der Waals surface area (Å²) in [6.07, 6.45) is 12.5. The molecule has 1 N–H and O–H groups in total. The van der Waals surface area contributed by atoms with Crippen LogP contribution in [0.1, 0.15) is 64.2 Å². The van der Waals surface area contributed by atoms with E-state index < -0.39 is 5.97 Å². The van der Waals surface area contributed by atoms with E-state index in [2.05, 4.69) is 0 Å². The molecule has 5 fully saturated rings. The fraction of sp³-hybridized carbons (Fsp3) is 0.950. The predicted molar refractivity (Wildman–Crippen MR) is 85.2 cm³/mol. The van der Waals surface area contributed by atoms with Crippen molar-refractivity contribution in [2.45, 2.75) is 64.2 Å². The van der Waals surface area contributed by atoms with Gasteiger partial charge < -0.3 is 5.11 Å². The average Bonchev–Trinajstić information content (AvgIpc) is 2.44. The molecule has 5 saturated carbocycles. The van der Waals surface area contributed by atoms with Gasteiger partial charge in [-0.25, -0.2) is 0 Å². The average molecular weight is 302 g/mol. The molecule has 2 heteroatoms. The van der Waals surface area contributed by atoms with Crippen molar-refractivity contribution in [2.75, 3.05) is 0 Å². The van der Waals surface area contributed by atoms with Crippen LogP contribution in [0.15, 0.2) is 0 Å². The van der Waals surface area contributed by atoms with Crippen LogP contribution < -0.4 is 0 Å². The van der Waals surface area contributed by atoms with Gasteiger partial charge in [-0.3, -0.25) is 4.79 Å². The second-order valence-corrected chi connectivity index (χ2v) is 9.15. The van der Waals surface area contributed by atoms with E-state index in [0.29, 0.717) is 6.42 Å². The van der Waals surface area contributed by atoms with Gasteiger partial charge in [-0.1, -0.05) is 32.1 Å². The van der Waals surface area contributed by atoms with Crippen LogP contribution in [0.2, 0.25) is 0 Å². The Hall–Kier alpha value is -0.530.